The van der Waals surface area contributed by atoms with E-state index in [1.165, 1.54) is 11.3 Å². The van der Waals surface area contributed by atoms with Crippen molar-refractivity contribution in [3.63, 3.8) is 0 Å². The number of carbonyl (C=O) groups is 2. The minimum atomic E-state index is -0.104. The number of aromatic nitrogens is 2. The van der Waals surface area contributed by atoms with Gasteiger partial charge in [0.25, 0.3) is 5.91 Å². The van der Waals surface area contributed by atoms with Crippen LogP contribution in [-0.4, -0.2) is 46.6 Å². The summed E-state index contributed by atoms with van der Waals surface area (Å²) in [6, 6.07) is 9.25. The summed E-state index contributed by atoms with van der Waals surface area (Å²) in [5.74, 6) is 0.464. The van der Waals surface area contributed by atoms with Crippen LogP contribution in [0.2, 0.25) is 0 Å². The van der Waals surface area contributed by atoms with Crippen molar-refractivity contribution in [3.05, 3.63) is 35.8 Å². The van der Waals surface area contributed by atoms with Gasteiger partial charge in [0.05, 0.1) is 0 Å². The molecule has 0 unspecified atom stereocenters. The minimum absolute atomic E-state index is 0.0195. The second-order valence-electron chi connectivity index (χ2n) is 5.49. The topological polar surface area (TPSA) is 84.4 Å². The van der Waals surface area contributed by atoms with Crippen LogP contribution in [-0.2, 0) is 9.59 Å². The molecule has 2 amide bonds. The van der Waals surface area contributed by atoms with Gasteiger partial charge < -0.3 is 15.0 Å². The molecule has 7 nitrogen and oxygen atoms in total. The third-order valence-electron chi connectivity index (χ3n) is 3.91. The molecule has 0 atom stereocenters. The number of piperidine rings is 1. The fourth-order valence-corrected chi connectivity index (χ4v) is 3.03. The normalized spacial score (nSPS) is 15.1. The number of hydrogen-bond donors (Lipinski definition) is 1. The average Bonchev–Trinajstić information content (AvgIpc) is 3.13. The Hall–Kier alpha value is -2.48. The molecule has 24 heavy (non-hydrogen) atoms. The maximum Gasteiger partial charge on any atom is 0.260 e. The molecule has 1 saturated heterocycles. The van der Waals surface area contributed by atoms with Crippen molar-refractivity contribution in [1.29, 1.82) is 0 Å². The van der Waals surface area contributed by atoms with Gasteiger partial charge in [-0.25, -0.2) is 0 Å². The zero-order chi connectivity index (χ0) is 16.8. The summed E-state index contributed by atoms with van der Waals surface area (Å²) >= 11 is 1.29. The van der Waals surface area contributed by atoms with Crippen molar-refractivity contribution in [2.45, 2.75) is 12.8 Å². The van der Waals surface area contributed by atoms with Gasteiger partial charge in [-0.1, -0.05) is 29.5 Å². The van der Waals surface area contributed by atoms with Gasteiger partial charge in [-0.15, -0.1) is 10.2 Å². The van der Waals surface area contributed by atoms with Gasteiger partial charge in [-0.3, -0.25) is 9.59 Å². The van der Waals surface area contributed by atoms with Crippen LogP contribution < -0.4 is 10.1 Å². The molecule has 1 aliphatic rings. The summed E-state index contributed by atoms with van der Waals surface area (Å²) in [7, 11) is 0. The highest BCUT2D eigenvalue weighted by Crippen LogP contribution is 2.20. The summed E-state index contributed by atoms with van der Waals surface area (Å²) in [6.45, 7) is 1.14. The average molecular weight is 346 g/mol. The summed E-state index contributed by atoms with van der Waals surface area (Å²) < 4.78 is 5.48. The van der Waals surface area contributed by atoms with Gasteiger partial charge in [-0.2, -0.15) is 0 Å². The summed E-state index contributed by atoms with van der Waals surface area (Å²) in [5, 5.41) is 10.8. The van der Waals surface area contributed by atoms with E-state index in [1.54, 1.807) is 10.4 Å². The number of rotatable bonds is 5. The van der Waals surface area contributed by atoms with E-state index < -0.39 is 0 Å². The molecule has 2 aromatic rings. The summed E-state index contributed by atoms with van der Waals surface area (Å²) in [4.78, 5) is 26.1. The number of hydrogen-bond acceptors (Lipinski definition) is 6. The van der Waals surface area contributed by atoms with Crippen LogP contribution in [0.25, 0.3) is 0 Å². The standard InChI is InChI=1S/C16H18N4O3S/c21-14(10-23-13-4-2-1-3-5-13)20-8-6-12(7-9-20)15(22)18-16-19-17-11-24-16/h1-5,11-12H,6-10H2,(H,18,19,22). The third kappa shape index (κ3) is 4.29. The molecule has 1 fully saturated rings. The number of anilines is 1. The third-order valence-corrected chi connectivity index (χ3v) is 4.52. The lowest BCUT2D eigenvalue weighted by Crippen LogP contribution is -2.43. The van der Waals surface area contributed by atoms with Crippen molar-refractivity contribution in [2.24, 2.45) is 5.92 Å². The largest absolute Gasteiger partial charge is 0.484 e. The lowest BCUT2D eigenvalue weighted by Gasteiger charge is -2.31. The molecule has 126 valence electrons. The number of para-hydroxylation sites is 1. The predicted octanol–water partition coefficient (Wildman–Crippen LogP) is 1.79. The van der Waals surface area contributed by atoms with Crippen LogP contribution in [0.1, 0.15) is 12.8 Å². The van der Waals surface area contributed by atoms with Crippen molar-refractivity contribution >= 4 is 28.3 Å². The lowest BCUT2D eigenvalue weighted by molar-refractivity contribution is -0.136. The number of likely N-dealkylation sites (tertiary alicyclic amines) is 1. The Bertz CT molecular complexity index is 670. The van der Waals surface area contributed by atoms with Crippen LogP contribution in [0, 0.1) is 5.92 Å². The molecule has 2 heterocycles. The SMILES string of the molecule is O=C(Nc1nncs1)C1CCN(C(=O)COc2ccccc2)CC1. The summed E-state index contributed by atoms with van der Waals surface area (Å²) in [6.07, 6.45) is 1.28. The first-order valence-electron chi connectivity index (χ1n) is 7.75. The fourth-order valence-electron chi connectivity index (χ4n) is 2.58. The molecule has 0 spiro atoms. The molecule has 8 heteroatoms. The molecule has 3 rings (SSSR count). The van der Waals surface area contributed by atoms with Gasteiger partial charge >= 0.3 is 0 Å². The highest BCUT2D eigenvalue weighted by molar-refractivity contribution is 7.13. The van der Waals surface area contributed by atoms with Gasteiger partial charge in [0.15, 0.2) is 6.61 Å². The Morgan fingerprint density at radius 3 is 2.67 bits per heavy atom. The van der Waals surface area contributed by atoms with E-state index in [9.17, 15) is 9.59 Å². The smallest absolute Gasteiger partial charge is 0.260 e. The highest BCUT2D eigenvalue weighted by Gasteiger charge is 2.27. The van der Waals surface area contributed by atoms with E-state index >= 15 is 0 Å². The molecule has 0 bridgehead atoms. The number of benzene rings is 1. The number of amides is 2. The number of ether oxygens (including phenoxy) is 1. The highest BCUT2D eigenvalue weighted by atomic mass is 32.1. The zero-order valence-electron chi connectivity index (χ0n) is 13.1. The molecule has 1 aromatic heterocycles. The summed E-state index contributed by atoms with van der Waals surface area (Å²) in [5.41, 5.74) is 1.57. The van der Waals surface area contributed by atoms with Crippen LogP contribution in [0.4, 0.5) is 5.13 Å². The fraction of sp³-hybridized carbons (Fsp3) is 0.375. The van der Waals surface area contributed by atoms with Gasteiger partial charge in [0.1, 0.15) is 11.3 Å². The molecule has 0 radical (unpaired) electrons. The quantitative estimate of drug-likeness (QED) is 0.892. The lowest BCUT2D eigenvalue weighted by atomic mass is 9.96. The monoisotopic (exact) mass is 346 g/mol. The number of nitrogens with one attached hydrogen (secondary N) is 1. The van der Waals surface area contributed by atoms with E-state index in [1.807, 2.05) is 30.3 Å². The van der Waals surface area contributed by atoms with Gasteiger partial charge in [0.2, 0.25) is 11.0 Å². The molecular formula is C16H18N4O3S. The second kappa shape index (κ2) is 7.87. The molecule has 1 aromatic carbocycles. The first-order chi connectivity index (χ1) is 11.7. The van der Waals surface area contributed by atoms with Crippen molar-refractivity contribution in [2.75, 3.05) is 25.0 Å². The Morgan fingerprint density at radius 2 is 2.00 bits per heavy atom. The molecule has 0 aliphatic carbocycles. The Morgan fingerprint density at radius 1 is 1.25 bits per heavy atom. The minimum Gasteiger partial charge on any atom is -0.484 e. The molecule has 1 N–H and O–H groups in total. The first-order valence-corrected chi connectivity index (χ1v) is 8.63. The van der Waals surface area contributed by atoms with Crippen molar-refractivity contribution < 1.29 is 14.3 Å². The molecular weight excluding hydrogens is 328 g/mol. The van der Waals surface area contributed by atoms with Gasteiger partial charge in [-0.05, 0) is 25.0 Å². The van der Waals surface area contributed by atoms with E-state index in [0.717, 1.165) is 0 Å². The van der Waals surface area contributed by atoms with Crippen molar-refractivity contribution in [3.8, 4) is 5.75 Å². The Labute approximate surface area is 143 Å². The first kappa shape index (κ1) is 16.4. The maximum absolute atomic E-state index is 12.2. The molecule has 0 saturated carbocycles. The maximum atomic E-state index is 12.2. The van der Waals surface area contributed by atoms with Crippen molar-refractivity contribution in [1.82, 2.24) is 15.1 Å². The Kier molecular flexibility index (Phi) is 5.37. The zero-order valence-corrected chi connectivity index (χ0v) is 13.9. The van der Waals surface area contributed by atoms with Crippen LogP contribution in [0.3, 0.4) is 0 Å². The van der Waals surface area contributed by atoms with Crippen LogP contribution in [0.15, 0.2) is 35.8 Å². The predicted molar refractivity (Wildman–Crippen MR) is 89.8 cm³/mol. The molecule has 1 aliphatic heterocycles. The van der Waals surface area contributed by atoms with Crippen LogP contribution in [0.5, 0.6) is 5.75 Å². The van der Waals surface area contributed by atoms with E-state index in [0.29, 0.717) is 36.8 Å². The number of carbonyl (C=O) groups excluding carboxylic acids is 2. The van der Waals surface area contributed by atoms with E-state index in [2.05, 4.69) is 15.5 Å². The van der Waals surface area contributed by atoms with E-state index in [4.69, 9.17) is 4.74 Å². The van der Waals surface area contributed by atoms with Gasteiger partial charge in [0, 0.05) is 19.0 Å². The van der Waals surface area contributed by atoms with Crippen LogP contribution >= 0.6 is 11.3 Å². The number of nitrogens with zero attached hydrogens (tertiary/aromatic N) is 3. The Balaban J connectivity index is 1.42. The second-order valence-corrected chi connectivity index (χ2v) is 6.32. The van der Waals surface area contributed by atoms with E-state index in [-0.39, 0.29) is 24.3 Å².